The summed E-state index contributed by atoms with van der Waals surface area (Å²) in [6.07, 6.45) is 7.21. The summed E-state index contributed by atoms with van der Waals surface area (Å²) < 4.78 is 12.0. The Morgan fingerprint density at radius 3 is 2.53 bits per heavy atom. The first-order valence-corrected chi connectivity index (χ1v) is 13.4. The zero-order valence-corrected chi connectivity index (χ0v) is 21.1. The second kappa shape index (κ2) is 6.95. The zero-order chi connectivity index (χ0) is 24.4. The Hall–Kier alpha value is -1.24. The number of allylic oxidation sites excluding steroid dienone is 1. The highest BCUT2D eigenvalue weighted by Crippen LogP contribution is 2.73. The van der Waals surface area contributed by atoms with E-state index >= 15 is 0 Å². The molecule has 0 amide bonds. The number of hydrogen-bond donors (Lipinski definition) is 2. The minimum atomic E-state index is -1.08. The lowest BCUT2D eigenvalue weighted by Crippen LogP contribution is -2.64. The van der Waals surface area contributed by atoms with Crippen molar-refractivity contribution in [1.29, 1.82) is 0 Å². The number of carbonyl (C=O) groups excluding carboxylic acids is 2. The monoisotopic (exact) mass is 472 g/mol. The maximum absolute atomic E-state index is 13.3. The Bertz CT molecular complexity index is 957. The maximum atomic E-state index is 13.3. The van der Waals surface area contributed by atoms with Crippen molar-refractivity contribution in [3.05, 3.63) is 12.2 Å². The van der Waals surface area contributed by atoms with Crippen LogP contribution >= 0.6 is 0 Å². The second-order valence-electron chi connectivity index (χ2n) is 13.2. The Kier molecular flexibility index (Phi) is 4.74. The van der Waals surface area contributed by atoms with E-state index in [4.69, 9.17) is 9.47 Å². The lowest BCUT2D eigenvalue weighted by atomic mass is 9.44. The van der Waals surface area contributed by atoms with Crippen LogP contribution < -0.4 is 0 Å². The lowest BCUT2D eigenvalue weighted by Gasteiger charge is -2.59. The molecule has 0 aromatic rings. The molecule has 1 unspecified atom stereocenters. The summed E-state index contributed by atoms with van der Waals surface area (Å²) in [4.78, 5) is 25.8. The van der Waals surface area contributed by atoms with Gasteiger partial charge in [-0.25, -0.2) is 0 Å². The van der Waals surface area contributed by atoms with E-state index in [1.165, 1.54) is 0 Å². The molecule has 0 bridgehead atoms. The highest BCUT2D eigenvalue weighted by Gasteiger charge is 2.80. The fourth-order valence-corrected chi connectivity index (χ4v) is 9.80. The third-order valence-electron chi connectivity index (χ3n) is 12.0. The molecule has 4 aliphatic carbocycles. The quantitative estimate of drug-likeness (QED) is 0.472. The molecule has 3 saturated carbocycles. The number of aliphatic hydroxyl groups excluding tert-OH is 1. The van der Waals surface area contributed by atoms with E-state index in [0.717, 1.165) is 32.1 Å². The van der Waals surface area contributed by atoms with Gasteiger partial charge < -0.3 is 19.7 Å². The van der Waals surface area contributed by atoms with Gasteiger partial charge in [0.25, 0.3) is 0 Å². The first kappa shape index (κ1) is 23.2. The predicted molar refractivity (Wildman–Crippen MR) is 124 cm³/mol. The number of carbonyl (C=O) groups is 2. The normalized spacial score (nSPS) is 57.6. The van der Waals surface area contributed by atoms with Gasteiger partial charge >= 0.3 is 5.97 Å². The van der Waals surface area contributed by atoms with Gasteiger partial charge in [-0.1, -0.05) is 20.8 Å². The van der Waals surface area contributed by atoms with Crippen molar-refractivity contribution < 1.29 is 29.3 Å². The lowest BCUT2D eigenvalue weighted by molar-refractivity contribution is -0.202. The van der Waals surface area contributed by atoms with Gasteiger partial charge in [0.15, 0.2) is 5.78 Å². The van der Waals surface area contributed by atoms with Crippen LogP contribution in [0.2, 0.25) is 0 Å². The van der Waals surface area contributed by atoms with E-state index in [1.807, 2.05) is 20.8 Å². The molecule has 6 aliphatic rings. The van der Waals surface area contributed by atoms with Crippen molar-refractivity contribution in [2.75, 3.05) is 0 Å². The molecule has 0 radical (unpaired) electrons. The molecule has 6 nitrogen and oxygen atoms in total. The van der Waals surface area contributed by atoms with Crippen molar-refractivity contribution in [3.8, 4) is 0 Å². The Balaban J connectivity index is 1.30. The Morgan fingerprint density at radius 2 is 1.82 bits per heavy atom. The van der Waals surface area contributed by atoms with E-state index in [9.17, 15) is 19.8 Å². The third kappa shape index (κ3) is 2.58. The molecule has 13 atom stereocenters. The number of fused-ring (bicyclic) bond motifs is 4. The van der Waals surface area contributed by atoms with Gasteiger partial charge in [-0.2, -0.15) is 0 Å². The van der Waals surface area contributed by atoms with Gasteiger partial charge in [-0.05, 0) is 99.5 Å². The van der Waals surface area contributed by atoms with Gasteiger partial charge in [-0.15, -0.1) is 0 Å². The number of epoxide rings is 1. The maximum Gasteiger partial charge on any atom is 0.309 e. The van der Waals surface area contributed by atoms with Crippen LogP contribution in [-0.4, -0.2) is 51.5 Å². The van der Waals surface area contributed by atoms with Gasteiger partial charge in [0, 0.05) is 0 Å². The summed E-state index contributed by atoms with van der Waals surface area (Å²) >= 11 is 0. The summed E-state index contributed by atoms with van der Waals surface area (Å²) in [6, 6.07) is 0. The summed E-state index contributed by atoms with van der Waals surface area (Å²) in [5.74, 6) is 0.885. The number of ether oxygens (including phenoxy) is 2. The molecule has 188 valence electrons. The number of esters is 1. The van der Waals surface area contributed by atoms with Crippen molar-refractivity contribution >= 4 is 11.8 Å². The number of hydrogen-bond acceptors (Lipinski definition) is 6. The van der Waals surface area contributed by atoms with Crippen LogP contribution in [0.15, 0.2) is 12.2 Å². The molecular formula is C28H40O6. The molecule has 34 heavy (non-hydrogen) atoms. The highest BCUT2D eigenvalue weighted by atomic mass is 16.6. The molecule has 2 saturated heterocycles. The van der Waals surface area contributed by atoms with E-state index in [2.05, 4.69) is 13.8 Å². The van der Waals surface area contributed by atoms with Crippen molar-refractivity contribution in [2.24, 2.45) is 46.3 Å². The molecule has 2 heterocycles. The molecule has 5 fully saturated rings. The van der Waals surface area contributed by atoms with E-state index in [-0.39, 0.29) is 46.9 Å². The highest BCUT2D eigenvalue weighted by molar-refractivity contribution is 5.98. The number of cyclic esters (lactones) is 1. The number of aliphatic hydroxyl groups is 2. The molecule has 2 aliphatic heterocycles. The average molecular weight is 473 g/mol. The summed E-state index contributed by atoms with van der Waals surface area (Å²) in [5.41, 5.74) is -2.61. The van der Waals surface area contributed by atoms with Crippen molar-refractivity contribution in [2.45, 2.75) is 103 Å². The van der Waals surface area contributed by atoms with Crippen molar-refractivity contribution in [1.82, 2.24) is 0 Å². The standard InChI is InChI=1S/C28H40O6/c1-14-12-22(33-24(31)15(14)2)27(5,32)19-7-6-17-16-13-23-28(34-23)21(30)9-8-20(29)26(28,4)18(16)10-11-25(17,19)3/h8-9,14-19,21-23,30,32H,6-7,10-13H2,1-5H3/t14-,15+,16-,17-,18-,19-,21-,22?,23+,25-,26-,27+,28+/m0/s1. The van der Waals surface area contributed by atoms with Crippen LogP contribution in [-0.2, 0) is 19.1 Å². The predicted octanol–water partition coefficient (Wildman–Crippen LogP) is 3.43. The number of ketones is 1. The number of rotatable bonds is 2. The first-order chi connectivity index (χ1) is 15.9. The molecule has 6 heteroatoms. The fourth-order valence-electron chi connectivity index (χ4n) is 9.80. The summed E-state index contributed by atoms with van der Waals surface area (Å²) in [6.45, 7) is 10.2. The van der Waals surface area contributed by atoms with Crippen LogP contribution in [0.3, 0.4) is 0 Å². The molecule has 0 aromatic carbocycles. The van der Waals surface area contributed by atoms with Gasteiger partial charge in [0.2, 0.25) is 0 Å². The third-order valence-corrected chi connectivity index (χ3v) is 12.0. The fraction of sp³-hybridized carbons (Fsp3) is 0.857. The van der Waals surface area contributed by atoms with Gasteiger partial charge in [-0.3, -0.25) is 9.59 Å². The minimum Gasteiger partial charge on any atom is -0.459 e. The van der Waals surface area contributed by atoms with E-state index < -0.39 is 28.8 Å². The van der Waals surface area contributed by atoms with E-state index in [0.29, 0.717) is 18.3 Å². The average Bonchev–Trinajstić information content (AvgIpc) is 3.40. The Labute approximate surface area is 202 Å². The second-order valence-corrected chi connectivity index (χ2v) is 13.2. The molecule has 2 N–H and O–H groups in total. The zero-order valence-electron chi connectivity index (χ0n) is 21.1. The molecular weight excluding hydrogens is 432 g/mol. The van der Waals surface area contributed by atoms with Crippen LogP contribution in [0, 0.1) is 46.3 Å². The summed E-state index contributed by atoms with van der Waals surface area (Å²) in [7, 11) is 0. The van der Waals surface area contributed by atoms with E-state index in [1.54, 1.807) is 12.2 Å². The van der Waals surface area contributed by atoms with Crippen LogP contribution in [0.25, 0.3) is 0 Å². The molecule has 6 rings (SSSR count). The summed E-state index contributed by atoms with van der Waals surface area (Å²) in [5, 5.41) is 22.8. The minimum absolute atomic E-state index is 0.0384. The van der Waals surface area contributed by atoms with Crippen LogP contribution in [0.5, 0.6) is 0 Å². The first-order valence-electron chi connectivity index (χ1n) is 13.4. The van der Waals surface area contributed by atoms with Gasteiger partial charge in [0.05, 0.1) is 17.4 Å². The SMILES string of the molecule is C[C@H]1CC([C@](C)(O)[C@H]2CC[C@H]3[C@@H]4C[C@H]5O[C@]56[C@@H](O)C=CC(=O)[C@]6(C)[C@H]4CC[C@@]32C)OC(=O)[C@@H]1C. The van der Waals surface area contributed by atoms with Crippen molar-refractivity contribution in [3.63, 3.8) is 0 Å². The molecule has 1 spiro atoms. The van der Waals surface area contributed by atoms with Crippen LogP contribution in [0.1, 0.15) is 73.1 Å². The molecule has 0 aromatic heterocycles. The smallest absolute Gasteiger partial charge is 0.309 e. The van der Waals surface area contributed by atoms with Crippen LogP contribution in [0.4, 0.5) is 0 Å². The Morgan fingerprint density at radius 1 is 1.09 bits per heavy atom. The van der Waals surface area contributed by atoms with Gasteiger partial charge in [0.1, 0.15) is 23.4 Å². The largest absolute Gasteiger partial charge is 0.459 e. The topological polar surface area (TPSA) is 96.4 Å².